The summed E-state index contributed by atoms with van der Waals surface area (Å²) in [5, 5.41) is 63.9. The van der Waals surface area contributed by atoms with Crippen molar-refractivity contribution in [3.8, 4) is 57.5 Å². The number of aromatic hydroxyl groups is 6. The second-order valence-corrected chi connectivity index (χ2v) is 11.5. The number of ether oxygens (including phenoxy) is 2. The first-order valence-electron chi connectivity index (χ1n) is 13.1. The Kier molecular flexibility index (Phi) is 9.01. The Balaban J connectivity index is 1.63. The molecule has 0 spiro atoms. The van der Waals surface area contributed by atoms with Crippen molar-refractivity contribution in [3.05, 3.63) is 98.0 Å². The SMILES string of the molecule is [B]c1cc(O)c2cc1Oc1c(O)cc(O)cc1C/C(Cl)=C\Cc1cc(c(Cl)cc1O)Oc1c(O)cc(cc1O)C/C(Cl)=C\C2. The van der Waals surface area contributed by atoms with Crippen molar-refractivity contribution < 1.29 is 40.1 Å². The number of phenols is 6. The van der Waals surface area contributed by atoms with Gasteiger partial charge >= 0.3 is 0 Å². The van der Waals surface area contributed by atoms with Gasteiger partial charge in [-0.1, -0.05) is 52.4 Å². The molecule has 44 heavy (non-hydrogen) atoms. The van der Waals surface area contributed by atoms with Crippen LogP contribution < -0.4 is 14.9 Å². The predicted molar refractivity (Wildman–Crippen MR) is 169 cm³/mol. The van der Waals surface area contributed by atoms with Gasteiger partial charge in [0.2, 0.25) is 5.75 Å². The highest BCUT2D eigenvalue weighted by molar-refractivity contribution is 6.34. The zero-order valence-electron chi connectivity index (χ0n) is 22.8. The number of rotatable bonds is 0. The zero-order chi connectivity index (χ0) is 31.7. The van der Waals surface area contributed by atoms with Crippen molar-refractivity contribution in [3.63, 3.8) is 0 Å². The Bertz CT molecular complexity index is 1810. The molecular weight excluding hydrogens is 630 g/mol. The van der Waals surface area contributed by atoms with Gasteiger partial charge in [0, 0.05) is 51.7 Å². The topological polar surface area (TPSA) is 140 Å². The molecule has 0 saturated heterocycles. The third kappa shape index (κ3) is 6.91. The largest absolute Gasteiger partial charge is 0.508 e. The highest BCUT2D eigenvalue weighted by Crippen LogP contribution is 2.44. The Morgan fingerprint density at radius 3 is 1.75 bits per heavy atom. The van der Waals surface area contributed by atoms with Crippen LogP contribution in [0.1, 0.15) is 22.3 Å². The van der Waals surface area contributed by atoms with Gasteiger partial charge in [0.05, 0.1) is 5.02 Å². The summed E-state index contributed by atoms with van der Waals surface area (Å²) >= 11 is 19.3. The van der Waals surface area contributed by atoms with Gasteiger partial charge in [0.25, 0.3) is 0 Å². The number of hydrogen-bond acceptors (Lipinski definition) is 8. The summed E-state index contributed by atoms with van der Waals surface area (Å²) in [7, 11) is 6.12. The van der Waals surface area contributed by atoms with E-state index in [1.54, 1.807) is 12.2 Å². The molecule has 0 saturated carbocycles. The van der Waals surface area contributed by atoms with Crippen LogP contribution in [0.4, 0.5) is 0 Å². The van der Waals surface area contributed by atoms with Gasteiger partial charge in [-0.3, -0.25) is 0 Å². The number of phenolic OH excluding ortho intramolecular Hbond substituents is 6. The molecule has 6 N–H and O–H groups in total. The highest BCUT2D eigenvalue weighted by atomic mass is 35.5. The van der Waals surface area contributed by atoms with E-state index in [0.717, 1.165) is 6.07 Å². The van der Waals surface area contributed by atoms with Crippen LogP contribution in [0.15, 0.2) is 70.7 Å². The predicted octanol–water partition coefficient (Wildman–Crippen LogP) is 7.08. The zero-order valence-corrected chi connectivity index (χ0v) is 25.1. The van der Waals surface area contributed by atoms with Gasteiger partial charge in [-0.05, 0) is 54.8 Å². The molecule has 0 atom stereocenters. The van der Waals surface area contributed by atoms with E-state index in [9.17, 15) is 30.6 Å². The van der Waals surface area contributed by atoms with Crippen LogP contribution in [0.5, 0.6) is 57.5 Å². The summed E-state index contributed by atoms with van der Waals surface area (Å²) in [6.07, 6.45) is 3.63. The van der Waals surface area contributed by atoms with E-state index >= 15 is 0 Å². The lowest BCUT2D eigenvalue weighted by Crippen LogP contribution is -2.08. The second kappa shape index (κ2) is 12.7. The van der Waals surface area contributed by atoms with E-state index in [2.05, 4.69) is 0 Å². The summed E-state index contributed by atoms with van der Waals surface area (Å²) in [5.74, 6) is -1.71. The van der Waals surface area contributed by atoms with Crippen LogP contribution in [0.25, 0.3) is 0 Å². The average molecular weight is 654 g/mol. The third-order valence-corrected chi connectivity index (χ3v) is 7.70. The minimum Gasteiger partial charge on any atom is -0.508 e. The van der Waals surface area contributed by atoms with E-state index in [0.29, 0.717) is 27.3 Å². The first kappa shape index (κ1) is 31.1. The maximum atomic E-state index is 10.7. The van der Waals surface area contributed by atoms with E-state index in [-0.39, 0.29) is 98.7 Å². The van der Waals surface area contributed by atoms with Gasteiger partial charge in [-0.2, -0.15) is 0 Å². The Hall–Kier alpha value is -4.31. The average Bonchev–Trinajstić information content (AvgIpc) is 2.93. The minimum atomic E-state index is -0.372. The van der Waals surface area contributed by atoms with E-state index in [1.165, 1.54) is 42.5 Å². The lowest BCUT2D eigenvalue weighted by Gasteiger charge is -2.17. The fourth-order valence-corrected chi connectivity index (χ4v) is 5.30. The highest BCUT2D eigenvalue weighted by Gasteiger charge is 2.19. The molecule has 2 aliphatic heterocycles. The lowest BCUT2D eigenvalue weighted by molar-refractivity contribution is 0.375. The molecule has 4 aromatic rings. The minimum absolute atomic E-state index is 0.00778. The molecular formula is C32H24BCl3O8. The summed E-state index contributed by atoms with van der Waals surface area (Å²) < 4.78 is 11.8. The fraction of sp³-hybridized carbons (Fsp3) is 0.125. The molecule has 0 fully saturated rings. The molecule has 12 heteroatoms. The summed E-state index contributed by atoms with van der Waals surface area (Å²) in [6, 6.07) is 10.7. The van der Waals surface area contributed by atoms with Crippen molar-refractivity contribution in [2.24, 2.45) is 0 Å². The number of halogens is 3. The monoisotopic (exact) mass is 652 g/mol. The Morgan fingerprint density at radius 1 is 0.545 bits per heavy atom. The molecule has 6 bridgehead atoms. The van der Waals surface area contributed by atoms with Gasteiger partial charge in [0.1, 0.15) is 36.6 Å². The van der Waals surface area contributed by atoms with E-state index in [1.807, 2.05) is 0 Å². The molecule has 2 heterocycles. The first-order chi connectivity index (χ1) is 20.9. The second-order valence-electron chi connectivity index (χ2n) is 10.1. The van der Waals surface area contributed by atoms with Crippen molar-refractivity contribution in [2.45, 2.75) is 25.7 Å². The molecule has 224 valence electrons. The van der Waals surface area contributed by atoms with Crippen molar-refractivity contribution in [1.29, 1.82) is 0 Å². The molecule has 0 aromatic heterocycles. The molecule has 0 aliphatic carbocycles. The van der Waals surface area contributed by atoms with E-state index < -0.39 is 0 Å². The van der Waals surface area contributed by atoms with Crippen molar-refractivity contribution in [1.82, 2.24) is 0 Å². The fourth-order valence-electron chi connectivity index (χ4n) is 4.65. The van der Waals surface area contributed by atoms with Crippen LogP contribution in [0, 0.1) is 0 Å². The van der Waals surface area contributed by atoms with Crippen molar-refractivity contribution >= 4 is 48.1 Å². The lowest BCUT2D eigenvalue weighted by atomic mass is 9.92. The standard InChI is InChI=1S/C32H24BCl3O8/c33-22-13-24(38)16-1-3-19(34)5-15-6-26(40)32(27(41)7-15)44-30-11-17(25(39)14-23(30)36)2-4-20(35)8-18-9-21(37)12-28(42)31(18)43-29(22)10-16/h3-4,6-7,9-14,37-42H,1-2,5,8H2/b19-3+,20-4+. The number of hydrogen-bond donors (Lipinski definition) is 6. The quantitative estimate of drug-likeness (QED) is 0.111. The van der Waals surface area contributed by atoms with Crippen LogP contribution in [-0.2, 0) is 25.7 Å². The molecule has 2 aliphatic rings. The summed E-state index contributed by atoms with van der Waals surface area (Å²) in [4.78, 5) is 0. The smallest absolute Gasteiger partial charge is 0.210 e. The molecule has 4 aromatic carbocycles. The van der Waals surface area contributed by atoms with Gasteiger partial charge in [0.15, 0.2) is 23.0 Å². The van der Waals surface area contributed by atoms with Crippen LogP contribution in [0.3, 0.4) is 0 Å². The first-order valence-corrected chi connectivity index (χ1v) is 14.3. The number of allylic oxidation sites excluding steroid dienone is 4. The number of fused-ring (bicyclic) bond motifs is 6. The normalized spacial score (nSPS) is 16.2. The maximum absolute atomic E-state index is 10.7. The van der Waals surface area contributed by atoms with Gasteiger partial charge in [-0.15, -0.1) is 0 Å². The van der Waals surface area contributed by atoms with Gasteiger partial charge in [-0.25, -0.2) is 0 Å². The van der Waals surface area contributed by atoms with Crippen LogP contribution in [-0.4, -0.2) is 38.5 Å². The molecule has 0 amide bonds. The Morgan fingerprint density at radius 2 is 1.09 bits per heavy atom. The van der Waals surface area contributed by atoms with Crippen LogP contribution >= 0.6 is 34.8 Å². The Labute approximate surface area is 268 Å². The molecule has 2 radical (unpaired) electrons. The summed E-state index contributed by atoms with van der Waals surface area (Å²) in [5.41, 5.74) is 1.63. The molecule has 8 nitrogen and oxygen atoms in total. The van der Waals surface area contributed by atoms with Crippen LogP contribution in [0.2, 0.25) is 5.02 Å². The third-order valence-electron chi connectivity index (χ3n) is 6.83. The number of benzene rings is 4. The van der Waals surface area contributed by atoms with Gasteiger partial charge < -0.3 is 40.1 Å². The van der Waals surface area contributed by atoms with Crippen molar-refractivity contribution in [2.75, 3.05) is 0 Å². The van der Waals surface area contributed by atoms with E-state index in [4.69, 9.17) is 52.1 Å². The maximum Gasteiger partial charge on any atom is 0.210 e. The summed E-state index contributed by atoms with van der Waals surface area (Å²) in [6.45, 7) is 0. The molecule has 0 unspecified atom stereocenters. The molecule has 6 rings (SSSR count).